The summed E-state index contributed by atoms with van der Waals surface area (Å²) < 4.78 is 0. The second kappa shape index (κ2) is 11.1. The molecule has 0 spiro atoms. The van der Waals surface area contributed by atoms with Gasteiger partial charge in [-0.25, -0.2) is 4.99 Å². The van der Waals surface area contributed by atoms with Crippen molar-refractivity contribution in [3.05, 3.63) is 22.4 Å². The highest BCUT2D eigenvalue weighted by atomic mass is 127. The number of nitrogens with one attached hydrogen (secondary N) is 2. The number of rotatable bonds is 5. The average molecular weight is 492 g/mol. The van der Waals surface area contributed by atoms with Gasteiger partial charge in [-0.3, -0.25) is 4.79 Å². The second-order valence-electron chi connectivity index (χ2n) is 7.44. The topological polar surface area (TPSA) is 56.7 Å². The first-order valence-electron chi connectivity index (χ1n) is 9.18. The molecule has 0 aromatic carbocycles. The van der Waals surface area contributed by atoms with E-state index in [1.54, 1.807) is 30.3 Å². The number of carbonyl (C=O) groups excluding carboxylic acids is 1. The van der Waals surface area contributed by atoms with Gasteiger partial charge in [0.05, 0.1) is 6.04 Å². The molecule has 2 N–H and O–H groups in total. The van der Waals surface area contributed by atoms with Crippen LogP contribution in [0.3, 0.4) is 0 Å². The molecule has 4 atom stereocenters. The van der Waals surface area contributed by atoms with Gasteiger partial charge in [-0.1, -0.05) is 19.9 Å². The van der Waals surface area contributed by atoms with Gasteiger partial charge < -0.3 is 15.5 Å². The van der Waals surface area contributed by atoms with Crippen LogP contribution in [0.1, 0.15) is 51.0 Å². The van der Waals surface area contributed by atoms with E-state index >= 15 is 0 Å². The number of hydrogen-bond acceptors (Lipinski definition) is 3. The van der Waals surface area contributed by atoms with E-state index in [-0.39, 0.29) is 42.5 Å². The van der Waals surface area contributed by atoms with Crippen molar-refractivity contribution in [3.63, 3.8) is 0 Å². The molecule has 26 heavy (non-hydrogen) atoms. The fourth-order valence-corrected chi connectivity index (χ4v) is 3.84. The molecule has 0 saturated heterocycles. The van der Waals surface area contributed by atoms with Gasteiger partial charge in [-0.15, -0.1) is 35.3 Å². The summed E-state index contributed by atoms with van der Waals surface area (Å²) in [5.41, 5.74) is 0. The molecule has 1 aromatic heterocycles. The number of halogens is 1. The first-order valence-corrected chi connectivity index (χ1v) is 10.1. The summed E-state index contributed by atoms with van der Waals surface area (Å²) in [6, 6.07) is 4.76. The standard InChI is InChI=1S/C19H32N4OS.HI/c1-13-8-9-16(11-14(13)2)22-19(20-12-18(24)23(4)5)21-15(3)17-7-6-10-25-17;/h6-7,10,13-16H,8-9,11-12H2,1-5H3,(H2,20,21,22);1H. The molecule has 0 radical (unpaired) electrons. The molecule has 1 saturated carbocycles. The van der Waals surface area contributed by atoms with Crippen molar-refractivity contribution < 1.29 is 4.79 Å². The number of carbonyl (C=O) groups is 1. The highest BCUT2D eigenvalue weighted by Gasteiger charge is 2.25. The lowest BCUT2D eigenvalue weighted by Crippen LogP contribution is -2.47. The number of aliphatic imine (C=N–C) groups is 1. The average Bonchev–Trinajstić information content (AvgIpc) is 3.10. The van der Waals surface area contributed by atoms with E-state index in [4.69, 9.17) is 0 Å². The molecule has 0 aliphatic heterocycles. The number of likely N-dealkylation sites (N-methyl/N-ethyl adjacent to an activating group) is 1. The Kier molecular flexibility index (Phi) is 9.92. The smallest absolute Gasteiger partial charge is 0.243 e. The van der Waals surface area contributed by atoms with Crippen molar-refractivity contribution in [2.45, 2.75) is 52.1 Å². The third kappa shape index (κ3) is 7.06. The third-order valence-corrected chi connectivity index (χ3v) is 6.19. The van der Waals surface area contributed by atoms with Gasteiger partial charge in [0.25, 0.3) is 0 Å². The zero-order chi connectivity index (χ0) is 18.4. The minimum Gasteiger partial charge on any atom is -0.354 e. The van der Waals surface area contributed by atoms with Crippen LogP contribution in [0.5, 0.6) is 0 Å². The molecule has 1 heterocycles. The molecule has 1 aromatic rings. The van der Waals surface area contributed by atoms with Gasteiger partial charge in [0.15, 0.2) is 5.96 Å². The van der Waals surface area contributed by atoms with Crippen LogP contribution in [0.2, 0.25) is 0 Å². The largest absolute Gasteiger partial charge is 0.354 e. The maximum atomic E-state index is 11.9. The molecule has 4 unspecified atom stereocenters. The Labute approximate surface area is 179 Å². The summed E-state index contributed by atoms with van der Waals surface area (Å²) in [4.78, 5) is 19.3. The van der Waals surface area contributed by atoms with Crippen molar-refractivity contribution in [1.29, 1.82) is 0 Å². The normalized spacial score (nSPS) is 24.3. The zero-order valence-corrected chi connectivity index (χ0v) is 19.6. The van der Waals surface area contributed by atoms with Crippen LogP contribution >= 0.6 is 35.3 Å². The summed E-state index contributed by atoms with van der Waals surface area (Å²) in [5.74, 6) is 2.25. The van der Waals surface area contributed by atoms with E-state index in [2.05, 4.69) is 53.9 Å². The molecular formula is C19H33IN4OS. The Bertz CT molecular complexity index is 576. The summed E-state index contributed by atoms with van der Waals surface area (Å²) in [6.45, 7) is 6.95. The highest BCUT2D eigenvalue weighted by Crippen LogP contribution is 2.29. The Hall–Kier alpha value is -0.830. The Balaban J connectivity index is 0.00000338. The van der Waals surface area contributed by atoms with E-state index in [0.717, 1.165) is 24.7 Å². The van der Waals surface area contributed by atoms with E-state index < -0.39 is 0 Å². The summed E-state index contributed by atoms with van der Waals surface area (Å²) in [6.07, 6.45) is 3.54. The van der Waals surface area contributed by atoms with Gasteiger partial charge in [0, 0.05) is 25.0 Å². The quantitative estimate of drug-likeness (QED) is 0.373. The van der Waals surface area contributed by atoms with E-state index in [1.165, 1.54) is 11.3 Å². The van der Waals surface area contributed by atoms with Gasteiger partial charge in [-0.2, -0.15) is 0 Å². The predicted octanol–water partition coefficient (Wildman–Crippen LogP) is 3.88. The lowest BCUT2D eigenvalue weighted by molar-refractivity contribution is -0.127. The molecular weight excluding hydrogens is 459 g/mol. The second-order valence-corrected chi connectivity index (χ2v) is 8.42. The third-order valence-electron chi connectivity index (χ3n) is 5.13. The maximum Gasteiger partial charge on any atom is 0.243 e. The molecule has 1 fully saturated rings. The lowest BCUT2D eigenvalue weighted by Gasteiger charge is -2.33. The first-order chi connectivity index (χ1) is 11.9. The lowest BCUT2D eigenvalue weighted by atomic mass is 9.79. The van der Waals surface area contributed by atoms with Crippen LogP contribution in [-0.4, -0.2) is 43.4 Å². The zero-order valence-electron chi connectivity index (χ0n) is 16.5. The SMILES string of the molecule is CC(NC(=NCC(=O)N(C)C)NC1CCC(C)C(C)C1)c1cccs1.I. The molecule has 7 heteroatoms. The van der Waals surface area contributed by atoms with Gasteiger partial charge >= 0.3 is 0 Å². The van der Waals surface area contributed by atoms with Gasteiger partial charge in [0.2, 0.25) is 5.91 Å². The maximum absolute atomic E-state index is 11.9. The van der Waals surface area contributed by atoms with Crippen LogP contribution in [0, 0.1) is 11.8 Å². The number of hydrogen-bond donors (Lipinski definition) is 2. The Morgan fingerprint density at radius 2 is 2.08 bits per heavy atom. The molecule has 0 bridgehead atoms. The molecule has 5 nitrogen and oxygen atoms in total. The van der Waals surface area contributed by atoms with Crippen LogP contribution < -0.4 is 10.6 Å². The predicted molar refractivity (Wildman–Crippen MR) is 121 cm³/mol. The molecule has 2 rings (SSSR count). The van der Waals surface area contributed by atoms with Crippen molar-refractivity contribution in [3.8, 4) is 0 Å². The number of nitrogens with zero attached hydrogens (tertiary/aromatic N) is 2. The van der Waals surface area contributed by atoms with Crippen molar-refractivity contribution >= 4 is 47.2 Å². The first kappa shape index (κ1) is 23.2. The van der Waals surface area contributed by atoms with Crippen molar-refractivity contribution in [1.82, 2.24) is 15.5 Å². The molecule has 148 valence electrons. The minimum atomic E-state index is 0. The van der Waals surface area contributed by atoms with E-state index in [9.17, 15) is 4.79 Å². The fraction of sp³-hybridized carbons (Fsp3) is 0.684. The molecule has 1 amide bonds. The van der Waals surface area contributed by atoms with Crippen LogP contribution in [0.15, 0.2) is 22.5 Å². The summed E-state index contributed by atoms with van der Waals surface area (Å²) in [5, 5.41) is 9.11. The Morgan fingerprint density at radius 1 is 1.35 bits per heavy atom. The number of amides is 1. The summed E-state index contributed by atoms with van der Waals surface area (Å²) >= 11 is 1.73. The van der Waals surface area contributed by atoms with Crippen molar-refractivity contribution in [2.24, 2.45) is 16.8 Å². The fourth-order valence-electron chi connectivity index (χ4n) is 3.11. The molecule has 1 aliphatic rings. The number of guanidine groups is 1. The van der Waals surface area contributed by atoms with Crippen LogP contribution in [-0.2, 0) is 4.79 Å². The monoisotopic (exact) mass is 492 g/mol. The molecule has 1 aliphatic carbocycles. The summed E-state index contributed by atoms with van der Waals surface area (Å²) in [7, 11) is 3.52. The van der Waals surface area contributed by atoms with Crippen LogP contribution in [0.4, 0.5) is 0 Å². The number of thiophene rings is 1. The van der Waals surface area contributed by atoms with Crippen LogP contribution in [0.25, 0.3) is 0 Å². The van der Waals surface area contributed by atoms with E-state index in [0.29, 0.717) is 12.0 Å². The van der Waals surface area contributed by atoms with E-state index in [1.807, 2.05) is 0 Å². The van der Waals surface area contributed by atoms with Crippen molar-refractivity contribution in [2.75, 3.05) is 20.6 Å². The Morgan fingerprint density at radius 3 is 2.65 bits per heavy atom. The minimum absolute atomic E-state index is 0. The highest BCUT2D eigenvalue weighted by molar-refractivity contribution is 14.0. The van der Waals surface area contributed by atoms with Gasteiger partial charge in [0.1, 0.15) is 6.54 Å². The van der Waals surface area contributed by atoms with Gasteiger partial charge in [-0.05, 0) is 49.5 Å².